The fraction of sp³-hybridized carbons (Fsp3) is 0.222. The summed E-state index contributed by atoms with van der Waals surface area (Å²) in [6.45, 7) is 2.13. The Labute approximate surface area is 134 Å². The second-order valence-electron chi connectivity index (χ2n) is 4.94. The number of benzene rings is 2. The largest absolute Gasteiger partial charge is 0.316 e. The SMILES string of the molecule is c1csc(CCNCCSc2ccc3ccccc3c2)c1. The third kappa shape index (κ3) is 4.34. The zero-order valence-corrected chi connectivity index (χ0v) is 13.6. The molecule has 0 saturated carbocycles. The number of hydrogen-bond donors (Lipinski definition) is 1. The highest BCUT2D eigenvalue weighted by Crippen LogP contribution is 2.23. The average Bonchev–Trinajstić information content (AvgIpc) is 3.04. The van der Waals surface area contributed by atoms with E-state index in [2.05, 4.69) is 65.3 Å². The van der Waals surface area contributed by atoms with Crippen LogP contribution in [-0.4, -0.2) is 18.8 Å². The Kier molecular flexibility index (Phi) is 5.33. The van der Waals surface area contributed by atoms with Gasteiger partial charge in [0.25, 0.3) is 0 Å². The molecule has 1 heterocycles. The molecule has 1 nitrogen and oxygen atoms in total. The van der Waals surface area contributed by atoms with Crippen LogP contribution in [0.25, 0.3) is 10.8 Å². The molecule has 0 amide bonds. The van der Waals surface area contributed by atoms with Crippen molar-refractivity contribution >= 4 is 33.9 Å². The van der Waals surface area contributed by atoms with Gasteiger partial charge in [-0.25, -0.2) is 0 Å². The topological polar surface area (TPSA) is 12.0 Å². The number of fused-ring (bicyclic) bond motifs is 1. The average molecular weight is 313 g/mol. The Morgan fingerprint density at radius 1 is 0.905 bits per heavy atom. The monoisotopic (exact) mass is 313 g/mol. The van der Waals surface area contributed by atoms with Crippen LogP contribution in [0.4, 0.5) is 0 Å². The summed E-state index contributed by atoms with van der Waals surface area (Å²) in [6, 6.07) is 19.6. The minimum atomic E-state index is 1.06. The maximum atomic E-state index is 3.52. The van der Waals surface area contributed by atoms with Gasteiger partial charge in [0.2, 0.25) is 0 Å². The lowest BCUT2D eigenvalue weighted by atomic mass is 10.1. The van der Waals surface area contributed by atoms with Gasteiger partial charge in [0.1, 0.15) is 0 Å². The van der Waals surface area contributed by atoms with E-state index in [0.717, 1.165) is 25.3 Å². The van der Waals surface area contributed by atoms with Crippen LogP contribution in [0, 0.1) is 0 Å². The Morgan fingerprint density at radius 3 is 2.67 bits per heavy atom. The van der Waals surface area contributed by atoms with Crippen LogP contribution >= 0.6 is 23.1 Å². The first kappa shape index (κ1) is 14.6. The molecule has 3 heteroatoms. The first-order chi connectivity index (χ1) is 10.4. The Balaban J connectivity index is 1.40. The molecule has 0 bridgehead atoms. The van der Waals surface area contributed by atoms with E-state index < -0.39 is 0 Å². The summed E-state index contributed by atoms with van der Waals surface area (Å²) in [5.41, 5.74) is 0. The van der Waals surface area contributed by atoms with Crippen molar-refractivity contribution in [2.75, 3.05) is 18.8 Å². The molecule has 0 atom stereocenters. The number of thiophene rings is 1. The zero-order chi connectivity index (χ0) is 14.3. The minimum absolute atomic E-state index is 1.06. The molecule has 0 aliphatic rings. The van der Waals surface area contributed by atoms with Gasteiger partial charge in [0.05, 0.1) is 0 Å². The van der Waals surface area contributed by atoms with Crippen LogP contribution < -0.4 is 5.32 Å². The van der Waals surface area contributed by atoms with Gasteiger partial charge in [0.15, 0.2) is 0 Å². The predicted octanol–water partition coefficient (Wildman–Crippen LogP) is 4.83. The van der Waals surface area contributed by atoms with Crippen molar-refractivity contribution in [2.45, 2.75) is 11.3 Å². The molecule has 3 aromatic rings. The van der Waals surface area contributed by atoms with Crippen molar-refractivity contribution < 1.29 is 0 Å². The highest BCUT2D eigenvalue weighted by molar-refractivity contribution is 7.99. The lowest BCUT2D eigenvalue weighted by Crippen LogP contribution is -2.19. The maximum Gasteiger partial charge on any atom is 0.0106 e. The van der Waals surface area contributed by atoms with Gasteiger partial charge in [-0.1, -0.05) is 36.4 Å². The predicted molar refractivity (Wildman–Crippen MR) is 95.6 cm³/mol. The normalized spacial score (nSPS) is 11.0. The first-order valence-corrected chi connectivity index (χ1v) is 9.13. The summed E-state index contributed by atoms with van der Waals surface area (Å²) in [5, 5.41) is 8.30. The molecule has 0 spiro atoms. The van der Waals surface area contributed by atoms with Crippen LogP contribution in [-0.2, 0) is 6.42 Å². The zero-order valence-electron chi connectivity index (χ0n) is 11.9. The Morgan fingerprint density at radius 2 is 1.81 bits per heavy atom. The van der Waals surface area contributed by atoms with Gasteiger partial charge >= 0.3 is 0 Å². The smallest absolute Gasteiger partial charge is 0.0106 e. The third-order valence-corrected chi connectivity index (χ3v) is 5.33. The standard InChI is InChI=1S/C18H19NS2/c1-2-5-16-14-18(8-7-15(16)4-1)21-13-11-19-10-9-17-6-3-12-20-17/h1-8,12,14,19H,9-11,13H2. The van der Waals surface area contributed by atoms with Crippen molar-refractivity contribution in [3.8, 4) is 0 Å². The van der Waals surface area contributed by atoms with Gasteiger partial charge in [-0.15, -0.1) is 23.1 Å². The van der Waals surface area contributed by atoms with Crippen molar-refractivity contribution in [3.63, 3.8) is 0 Å². The molecule has 0 saturated heterocycles. The summed E-state index contributed by atoms with van der Waals surface area (Å²) < 4.78 is 0. The van der Waals surface area contributed by atoms with Gasteiger partial charge < -0.3 is 5.32 Å². The highest BCUT2D eigenvalue weighted by atomic mass is 32.2. The van der Waals surface area contributed by atoms with E-state index in [4.69, 9.17) is 0 Å². The third-order valence-electron chi connectivity index (χ3n) is 3.40. The van der Waals surface area contributed by atoms with E-state index in [-0.39, 0.29) is 0 Å². The molecule has 0 aliphatic heterocycles. The molecule has 3 rings (SSSR count). The highest BCUT2D eigenvalue weighted by Gasteiger charge is 1.97. The van der Waals surface area contributed by atoms with Crippen LogP contribution in [0.5, 0.6) is 0 Å². The number of rotatable bonds is 7. The molecule has 0 unspecified atom stereocenters. The second kappa shape index (κ2) is 7.64. The number of hydrogen-bond acceptors (Lipinski definition) is 3. The van der Waals surface area contributed by atoms with E-state index in [9.17, 15) is 0 Å². The lowest BCUT2D eigenvalue weighted by molar-refractivity contribution is 0.725. The molecule has 1 aromatic heterocycles. The molecular formula is C18H19NS2. The Bertz CT molecular complexity index is 677. The summed E-state index contributed by atoms with van der Waals surface area (Å²) >= 11 is 3.76. The molecule has 1 N–H and O–H groups in total. The number of thioether (sulfide) groups is 1. The van der Waals surface area contributed by atoms with Crippen LogP contribution in [0.15, 0.2) is 64.9 Å². The minimum Gasteiger partial charge on any atom is -0.316 e. The molecule has 0 fully saturated rings. The molecule has 0 aliphatic carbocycles. The second-order valence-corrected chi connectivity index (χ2v) is 7.14. The molecule has 21 heavy (non-hydrogen) atoms. The molecule has 108 valence electrons. The van der Waals surface area contributed by atoms with E-state index in [0.29, 0.717) is 0 Å². The van der Waals surface area contributed by atoms with E-state index in [1.165, 1.54) is 20.5 Å². The number of nitrogens with one attached hydrogen (secondary N) is 1. The fourth-order valence-electron chi connectivity index (χ4n) is 2.29. The van der Waals surface area contributed by atoms with Gasteiger partial charge in [-0.3, -0.25) is 0 Å². The van der Waals surface area contributed by atoms with Crippen molar-refractivity contribution in [3.05, 3.63) is 64.9 Å². The van der Waals surface area contributed by atoms with Crippen LogP contribution in [0.3, 0.4) is 0 Å². The van der Waals surface area contributed by atoms with Gasteiger partial charge in [-0.05, 0) is 47.3 Å². The van der Waals surface area contributed by atoms with Gasteiger partial charge in [-0.2, -0.15) is 0 Å². The lowest BCUT2D eigenvalue weighted by Gasteiger charge is -2.05. The van der Waals surface area contributed by atoms with Crippen LogP contribution in [0.2, 0.25) is 0 Å². The summed E-state index contributed by atoms with van der Waals surface area (Å²) in [5.74, 6) is 1.11. The van der Waals surface area contributed by atoms with E-state index >= 15 is 0 Å². The van der Waals surface area contributed by atoms with Crippen LogP contribution in [0.1, 0.15) is 4.88 Å². The summed E-state index contributed by atoms with van der Waals surface area (Å²) in [7, 11) is 0. The molecule has 2 aromatic carbocycles. The Hall–Kier alpha value is -1.29. The molecular weight excluding hydrogens is 294 g/mol. The van der Waals surface area contributed by atoms with E-state index in [1.807, 2.05) is 23.1 Å². The summed E-state index contributed by atoms with van der Waals surface area (Å²) in [4.78, 5) is 2.82. The molecule has 0 radical (unpaired) electrons. The first-order valence-electron chi connectivity index (χ1n) is 7.26. The maximum absolute atomic E-state index is 3.52. The quantitative estimate of drug-likeness (QED) is 0.495. The van der Waals surface area contributed by atoms with Crippen molar-refractivity contribution in [2.24, 2.45) is 0 Å². The van der Waals surface area contributed by atoms with E-state index in [1.54, 1.807) is 0 Å². The van der Waals surface area contributed by atoms with Crippen molar-refractivity contribution in [1.29, 1.82) is 0 Å². The summed E-state index contributed by atoms with van der Waals surface area (Å²) in [6.07, 6.45) is 1.14. The van der Waals surface area contributed by atoms with Crippen molar-refractivity contribution in [1.82, 2.24) is 5.32 Å². The fourth-order valence-corrected chi connectivity index (χ4v) is 3.86. The van der Waals surface area contributed by atoms with Gasteiger partial charge in [0, 0.05) is 22.1 Å².